The van der Waals surface area contributed by atoms with Crippen LogP contribution in [0.5, 0.6) is 5.75 Å². The van der Waals surface area contributed by atoms with Gasteiger partial charge in [0.25, 0.3) is 11.5 Å². The lowest BCUT2D eigenvalue weighted by molar-refractivity contribution is 0.101. The Morgan fingerprint density at radius 3 is 2.59 bits per heavy atom. The highest BCUT2D eigenvalue weighted by Gasteiger charge is 2.18. The molecule has 0 saturated heterocycles. The molecule has 0 aliphatic rings. The standard InChI is InChI=1S/C22H16FN3O3/c1-29-15-8-6-7-14(13-15)21(27)25-26-20(16-9-2-4-11-18(16)23)24-19-12-5-3-10-17(19)22(26)28/h2-13H,1H3,(H,25,27). The van der Waals surface area contributed by atoms with E-state index >= 15 is 0 Å². The van der Waals surface area contributed by atoms with Crippen LogP contribution in [-0.4, -0.2) is 22.7 Å². The van der Waals surface area contributed by atoms with Crippen molar-refractivity contribution in [2.75, 3.05) is 12.5 Å². The summed E-state index contributed by atoms with van der Waals surface area (Å²) in [7, 11) is 1.49. The second kappa shape index (κ2) is 7.55. The fourth-order valence-electron chi connectivity index (χ4n) is 2.99. The maximum Gasteiger partial charge on any atom is 0.280 e. The molecule has 0 fully saturated rings. The molecule has 0 radical (unpaired) electrons. The van der Waals surface area contributed by atoms with Gasteiger partial charge in [0.15, 0.2) is 5.82 Å². The average Bonchev–Trinajstić information content (AvgIpc) is 2.76. The second-order valence-electron chi connectivity index (χ2n) is 6.25. The van der Waals surface area contributed by atoms with Crippen LogP contribution in [0.15, 0.2) is 77.6 Å². The molecule has 0 saturated carbocycles. The SMILES string of the molecule is COc1cccc(C(=O)Nn2c(-c3ccccc3F)nc3ccccc3c2=O)c1. The van der Waals surface area contributed by atoms with Crippen molar-refractivity contribution in [1.29, 1.82) is 0 Å². The zero-order valence-corrected chi connectivity index (χ0v) is 15.4. The topological polar surface area (TPSA) is 73.2 Å². The molecular formula is C22H16FN3O3. The molecule has 1 aromatic heterocycles. The first-order valence-electron chi connectivity index (χ1n) is 8.80. The van der Waals surface area contributed by atoms with Crippen molar-refractivity contribution in [2.24, 2.45) is 0 Å². The summed E-state index contributed by atoms with van der Waals surface area (Å²) in [5, 5.41) is 0.304. The molecule has 0 aliphatic heterocycles. The highest BCUT2D eigenvalue weighted by atomic mass is 19.1. The van der Waals surface area contributed by atoms with Gasteiger partial charge < -0.3 is 4.74 Å². The minimum Gasteiger partial charge on any atom is -0.497 e. The van der Waals surface area contributed by atoms with Crippen LogP contribution in [0.25, 0.3) is 22.3 Å². The largest absolute Gasteiger partial charge is 0.497 e. The summed E-state index contributed by atoms with van der Waals surface area (Å²) in [6.07, 6.45) is 0. The molecular weight excluding hydrogens is 373 g/mol. The van der Waals surface area contributed by atoms with Crippen molar-refractivity contribution >= 4 is 16.8 Å². The van der Waals surface area contributed by atoms with E-state index in [1.54, 1.807) is 48.5 Å². The molecule has 29 heavy (non-hydrogen) atoms. The third-order valence-corrected chi connectivity index (χ3v) is 4.44. The fraction of sp³-hybridized carbons (Fsp3) is 0.0455. The van der Waals surface area contributed by atoms with Crippen LogP contribution in [0.3, 0.4) is 0 Å². The first-order valence-corrected chi connectivity index (χ1v) is 8.80. The summed E-state index contributed by atoms with van der Waals surface area (Å²) in [6.45, 7) is 0. The van der Waals surface area contributed by atoms with Crippen molar-refractivity contribution in [1.82, 2.24) is 9.66 Å². The highest BCUT2D eigenvalue weighted by molar-refractivity contribution is 6.00. The molecule has 4 aromatic rings. The number of methoxy groups -OCH3 is 1. The van der Waals surface area contributed by atoms with Crippen LogP contribution >= 0.6 is 0 Å². The Labute approximate surface area is 165 Å². The average molecular weight is 389 g/mol. The fourth-order valence-corrected chi connectivity index (χ4v) is 2.99. The predicted octanol–water partition coefficient (Wildman–Crippen LogP) is 3.60. The zero-order chi connectivity index (χ0) is 20.4. The maximum atomic E-state index is 14.5. The number of hydrogen-bond donors (Lipinski definition) is 1. The predicted molar refractivity (Wildman–Crippen MR) is 108 cm³/mol. The van der Waals surface area contributed by atoms with Gasteiger partial charge in [-0.05, 0) is 42.5 Å². The van der Waals surface area contributed by atoms with Crippen LogP contribution in [0.4, 0.5) is 4.39 Å². The van der Waals surface area contributed by atoms with E-state index in [0.717, 1.165) is 4.68 Å². The molecule has 4 rings (SSSR count). The van der Waals surface area contributed by atoms with Crippen molar-refractivity contribution in [3.05, 3.63) is 94.5 Å². The van der Waals surface area contributed by atoms with Gasteiger partial charge in [0.05, 0.1) is 23.6 Å². The molecule has 6 nitrogen and oxygen atoms in total. The number of amides is 1. The van der Waals surface area contributed by atoms with Crippen LogP contribution in [0.1, 0.15) is 10.4 Å². The van der Waals surface area contributed by atoms with Gasteiger partial charge in [0, 0.05) is 5.56 Å². The molecule has 0 bridgehead atoms. The zero-order valence-electron chi connectivity index (χ0n) is 15.4. The van der Waals surface area contributed by atoms with E-state index in [4.69, 9.17) is 4.74 Å². The number of halogens is 1. The van der Waals surface area contributed by atoms with Gasteiger partial charge in [0.1, 0.15) is 11.6 Å². The van der Waals surface area contributed by atoms with E-state index in [0.29, 0.717) is 16.7 Å². The summed E-state index contributed by atoms with van der Waals surface area (Å²) in [6, 6.07) is 19.1. The number of carbonyl (C=O) groups is 1. The van der Waals surface area contributed by atoms with Gasteiger partial charge >= 0.3 is 0 Å². The number of nitrogens with one attached hydrogen (secondary N) is 1. The van der Waals surface area contributed by atoms with Crippen LogP contribution in [-0.2, 0) is 0 Å². The molecule has 0 unspecified atom stereocenters. The van der Waals surface area contributed by atoms with Gasteiger partial charge in [-0.2, -0.15) is 4.68 Å². The third kappa shape index (κ3) is 3.45. The number of nitrogens with zero attached hydrogens (tertiary/aromatic N) is 2. The summed E-state index contributed by atoms with van der Waals surface area (Å²) in [4.78, 5) is 30.3. The monoisotopic (exact) mass is 389 g/mol. The van der Waals surface area contributed by atoms with Gasteiger partial charge in [0.2, 0.25) is 0 Å². The Bertz CT molecular complexity index is 1280. The molecule has 0 spiro atoms. The van der Waals surface area contributed by atoms with Gasteiger partial charge in [-0.1, -0.05) is 30.3 Å². The minimum absolute atomic E-state index is 0.00282. The Morgan fingerprint density at radius 1 is 1.03 bits per heavy atom. The second-order valence-corrected chi connectivity index (χ2v) is 6.25. The first-order chi connectivity index (χ1) is 14.1. The number of rotatable bonds is 4. The lowest BCUT2D eigenvalue weighted by Crippen LogP contribution is -2.35. The molecule has 144 valence electrons. The van der Waals surface area contributed by atoms with Crippen LogP contribution in [0, 0.1) is 5.82 Å². The number of carbonyl (C=O) groups excluding carboxylic acids is 1. The van der Waals surface area contributed by atoms with Crippen molar-refractivity contribution in [3.8, 4) is 17.1 Å². The van der Waals surface area contributed by atoms with Gasteiger partial charge in [-0.25, -0.2) is 9.37 Å². The Hall–Kier alpha value is -4.00. The van der Waals surface area contributed by atoms with Crippen LogP contribution < -0.4 is 15.7 Å². The van der Waals surface area contributed by atoms with Crippen molar-refractivity contribution in [3.63, 3.8) is 0 Å². The normalized spacial score (nSPS) is 10.7. The van der Waals surface area contributed by atoms with Crippen LogP contribution in [0.2, 0.25) is 0 Å². The van der Waals surface area contributed by atoms with Gasteiger partial charge in [-0.15, -0.1) is 0 Å². The van der Waals surface area contributed by atoms with E-state index in [9.17, 15) is 14.0 Å². The lowest BCUT2D eigenvalue weighted by Gasteiger charge is -2.15. The molecule has 7 heteroatoms. The molecule has 0 atom stereocenters. The lowest BCUT2D eigenvalue weighted by atomic mass is 10.1. The highest BCUT2D eigenvalue weighted by Crippen LogP contribution is 2.21. The minimum atomic E-state index is -0.556. The van der Waals surface area contributed by atoms with E-state index in [1.807, 2.05) is 0 Å². The summed E-state index contributed by atoms with van der Waals surface area (Å²) < 4.78 is 20.6. The number of ether oxygens (including phenoxy) is 1. The Morgan fingerprint density at radius 2 is 1.79 bits per heavy atom. The third-order valence-electron chi connectivity index (χ3n) is 4.44. The smallest absolute Gasteiger partial charge is 0.280 e. The maximum absolute atomic E-state index is 14.5. The number of para-hydroxylation sites is 1. The number of aromatic nitrogens is 2. The number of hydrogen-bond acceptors (Lipinski definition) is 4. The quantitative estimate of drug-likeness (QED) is 0.579. The van der Waals surface area contributed by atoms with E-state index < -0.39 is 17.3 Å². The van der Waals surface area contributed by atoms with Crippen molar-refractivity contribution in [2.45, 2.75) is 0 Å². The number of fused-ring (bicyclic) bond motifs is 1. The summed E-state index contributed by atoms with van der Waals surface area (Å²) >= 11 is 0. The Kier molecular flexibility index (Phi) is 4.78. The number of benzene rings is 3. The molecule has 0 aliphatic carbocycles. The first kappa shape index (κ1) is 18.4. The van der Waals surface area contributed by atoms with Crippen molar-refractivity contribution < 1.29 is 13.9 Å². The molecule has 3 aromatic carbocycles. The van der Waals surface area contributed by atoms with E-state index in [-0.39, 0.29) is 17.0 Å². The van der Waals surface area contributed by atoms with Gasteiger partial charge in [-0.3, -0.25) is 15.0 Å². The molecule has 1 N–H and O–H groups in total. The summed E-state index contributed by atoms with van der Waals surface area (Å²) in [5.41, 5.74) is 2.82. The Balaban J connectivity index is 1.89. The summed E-state index contributed by atoms with van der Waals surface area (Å²) in [5.74, 6) is -0.612. The molecule has 1 heterocycles. The van der Waals surface area contributed by atoms with E-state index in [2.05, 4.69) is 10.4 Å². The molecule has 1 amide bonds. The van der Waals surface area contributed by atoms with E-state index in [1.165, 1.54) is 31.4 Å².